The minimum Gasteiger partial charge on any atom is -0.382 e. The average Bonchev–Trinajstić information content (AvgIpc) is 2.75. The number of ether oxygens (including phenoxy) is 2. The first-order chi connectivity index (χ1) is 7.36. The summed E-state index contributed by atoms with van der Waals surface area (Å²) >= 11 is 0. The zero-order chi connectivity index (χ0) is 10.9. The third-order valence-electron chi connectivity index (χ3n) is 2.86. The predicted octanol–water partition coefficient (Wildman–Crippen LogP) is 0.333. The second kappa shape index (κ2) is 8.05. The molecule has 0 saturated carbocycles. The number of hydrogen-bond donors (Lipinski definition) is 1. The number of nitrogens with zero attached hydrogens (tertiary/aromatic N) is 1. The Balaban J connectivity index is 1.94. The van der Waals surface area contributed by atoms with Gasteiger partial charge in [0.1, 0.15) is 0 Å². The summed E-state index contributed by atoms with van der Waals surface area (Å²) in [5.74, 6) is 0. The zero-order valence-electron chi connectivity index (χ0n) is 10.00. The molecule has 1 unspecified atom stereocenters. The molecule has 1 atom stereocenters. The highest BCUT2D eigenvalue weighted by Gasteiger charge is 2.11. The normalized spacial score (nSPS) is 19.6. The van der Waals surface area contributed by atoms with E-state index < -0.39 is 0 Å². The summed E-state index contributed by atoms with van der Waals surface area (Å²) in [6.45, 7) is 6.28. The largest absolute Gasteiger partial charge is 0.382 e. The van der Waals surface area contributed by atoms with Crippen molar-refractivity contribution in [3.05, 3.63) is 0 Å². The Morgan fingerprint density at radius 3 is 2.60 bits per heavy atom. The van der Waals surface area contributed by atoms with Crippen LogP contribution in [-0.2, 0) is 9.47 Å². The maximum atomic E-state index is 5.26. The van der Waals surface area contributed by atoms with Crippen molar-refractivity contribution in [3.8, 4) is 0 Å². The third-order valence-corrected chi connectivity index (χ3v) is 2.86. The van der Waals surface area contributed by atoms with E-state index in [2.05, 4.69) is 10.2 Å². The fourth-order valence-electron chi connectivity index (χ4n) is 1.90. The van der Waals surface area contributed by atoms with Crippen LogP contribution in [0.15, 0.2) is 0 Å². The van der Waals surface area contributed by atoms with Crippen LogP contribution in [0, 0.1) is 0 Å². The Bertz CT molecular complexity index is 150. The van der Waals surface area contributed by atoms with Gasteiger partial charge in [0.05, 0.1) is 12.7 Å². The van der Waals surface area contributed by atoms with Gasteiger partial charge >= 0.3 is 0 Å². The van der Waals surface area contributed by atoms with Crippen molar-refractivity contribution in [2.45, 2.75) is 18.9 Å². The van der Waals surface area contributed by atoms with Crippen LogP contribution in [0.4, 0.5) is 0 Å². The highest BCUT2D eigenvalue weighted by atomic mass is 16.5. The lowest BCUT2D eigenvalue weighted by atomic mass is 10.3. The van der Waals surface area contributed by atoms with Gasteiger partial charge in [-0.3, -0.25) is 0 Å². The highest BCUT2D eigenvalue weighted by Crippen LogP contribution is 2.05. The summed E-state index contributed by atoms with van der Waals surface area (Å²) in [4.78, 5) is 2.51. The topological polar surface area (TPSA) is 33.7 Å². The maximum Gasteiger partial charge on any atom is 0.0928 e. The number of nitrogens with one attached hydrogen (secondary N) is 1. The van der Waals surface area contributed by atoms with Gasteiger partial charge in [0.15, 0.2) is 0 Å². The number of likely N-dealkylation sites (tertiary alicyclic amines) is 1. The number of hydrogen-bond acceptors (Lipinski definition) is 4. The Hall–Kier alpha value is -0.160. The molecule has 1 fully saturated rings. The summed E-state index contributed by atoms with van der Waals surface area (Å²) in [7, 11) is 3.43. The summed E-state index contributed by atoms with van der Waals surface area (Å²) in [5.41, 5.74) is 0. The van der Waals surface area contributed by atoms with Crippen molar-refractivity contribution in [2.75, 3.05) is 53.6 Å². The first-order valence-electron chi connectivity index (χ1n) is 5.81. The molecule has 15 heavy (non-hydrogen) atoms. The molecule has 0 aliphatic carbocycles. The minimum atomic E-state index is 0.175. The molecular weight excluding hydrogens is 192 g/mol. The minimum absolute atomic E-state index is 0.175. The van der Waals surface area contributed by atoms with Crippen molar-refractivity contribution in [2.24, 2.45) is 0 Å². The first kappa shape index (κ1) is 12.9. The molecule has 90 valence electrons. The molecule has 1 aliphatic rings. The van der Waals surface area contributed by atoms with E-state index in [0.29, 0.717) is 6.61 Å². The van der Waals surface area contributed by atoms with E-state index in [1.54, 1.807) is 14.2 Å². The SMILES string of the molecule is COCC(CNCCN1CCCC1)OC. The van der Waals surface area contributed by atoms with E-state index in [1.165, 1.54) is 25.9 Å². The van der Waals surface area contributed by atoms with Crippen LogP contribution in [-0.4, -0.2) is 64.6 Å². The lowest BCUT2D eigenvalue weighted by Crippen LogP contribution is -2.36. The second-order valence-electron chi connectivity index (χ2n) is 4.07. The molecule has 1 N–H and O–H groups in total. The fourth-order valence-corrected chi connectivity index (χ4v) is 1.90. The van der Waals surface area contributed by atoms with Crippen LogP contribution in [0.2, 0.25) is 0 Å². The lowest BCUT2D eigenvalue weighted by molar-refractivity contribution is 0.0288. The quantitative estimate of drug-likeness (QED) is 0.593. The molecule has 0 spiro atoms. The molecule has 0 aromatic carbocycles. The van der Waals surface area contributed by atoms with Crippen molar-refractivity contribution in [3.63, 3.8) is 0 Å². The van der Waals surface area contributed by atoms with Gasteiger partial charge in [-0.15, -0.1) is 0 Å². The van der Waals surface area contributed by atoms with E-state index >= 15 is 0 Å². The van der Waals surface area contributed by atoms with Gasteiger partial charge in [-0.1, -0.05) is 0 Å². The van der Waals surface area contributed by atoms with Crippen molar-refractivity contribution < 1.29 is 9.47 Å². The Labute approximate surface area is 92.9 Å². The number of rotatable bonds is 8. The fraction of sp³-hybridized carbons (Fsp3) is 1.00. The molecular formula is C11H24N2O2. The zero-order valence-corrected chi connectivity index (χ0v) is 10.00. The summed E-state index contributed by atoms with van der Waals surface area (Å²) in [6.07, 6.45) is 2.91. The lowest BCUT2D eigenvalue weighted by Gasteiger charge is -2.18. The summed E-state index contributed by atoms with van der Waals surface area (Å²) in [6, 6.07) is 0. The van der Waals surface area contributed by atoms with Crippen LogP contribution < -0.4 is 5.32 Å². The predicted molar refractivity (Wildman–Crippen MR) is 61.2 cm³/mol. The maximum absolute atomic E-state index is 5.26. The van der Waals surface area contributed by atoms with Crippen LogP contribution >= 0.6 is 0 Å². The van der Waals surface area contributed by atoms with E-state index in [4.69, 9.17) is 9.47 Å². The van der Waals surface area contributed by atoms with Gasteiger partial charge in [-0.2, -0.15) is 0 Å². The van der Waals surface area contributed by atoms with Gasteiger partial charge in [-0.05, 0) is 25.9 Å². The summed E-state index contributed by atoms with van der Waals surface area (Å²) < 4.78 is 10.3. The van der Waals surface area contributed by atoms with Gasteiger partial charge in [0.2, 0.25) is 0 Å². The van der Waals surface area contributed by atoms with Crippen molar-refractivity contribution in [1.29, 1.82) is 0 Å². The molecule has 4 nitrogen and oxygen atoms in total. The Morgan fingerprint density at radius 2 is 2.00 bits per heavy atom. The van der Waals surface area contributed by atoms with Gasteiger partial charge in [0, 0.05) is 33.9 Å². The highest BCUT2D eigenvalue weighted by molar-refractivity contribution is 4.68. The molecule has 4 heteroatoms. The standard InChI is InChI=1S/C11H24N2O2/c1-14-10-11(15-2)9-12-5-8-13-6-3-4-7-13/h11-12H,3-10H2,1-2H3. The molecule has 1 saturated heterocycles. The van der Waals surface area contributed by atoms with Gasteiger partial charge < -0.3 is 19.7 Å². The molecule has 1 aliphatic heterocycles. The molecule has 0 aromatic rings. The van der Waals surface area contributed by atoms with E-state index in [1.807, 2.05) is 0 Å². The Kier molecular flexibility index (Phi) is 6.92. The van der Waals surface area contributed by atoms with Crippen LogP contribution in [0.3, 0.4) is 0 Å². The molecule has 1 heterocycles. The average molecular weight is 216 g/mol. The van der Waals surface area contributed by atoms with Crippen LogP contribution in [0.25, 0.3) is 0 Å². The van der Waals surface area contributed by atoms with Crippen LogP contribution in [0.5, 0.6) is 0 Å². The van der Waals surface area contributed by atoms with Crippen molar-refractivity contribution in [1.82, 2.24) is 10.2 Å². The van der Waals surface area contributed by atoms with E-state index in [-0.39, 0.29) is 6.10 Å². The van der Waals surface area contributed by atoms with Gasteiger partial charge in [-0.25, -0.2) is 0 Å². The third kappa shape index (κ3) is 5.47. The van der Waals surface area contributed by atoms with E-state index in [0.717, 1.165) is 19.6 Å². The molecule has 0 amide bonds. The van der Waals surface area contributed by atoms with Crippen LogP contribution in [0.1, 0.15) is 12.8 Å². The molecule has 0 radical (unpaired) electrons. The Morgan fingerprint density at radius 1 is 1.27 bits per heavy atom. The number of methoxy groups -OCH3 is 2. The van der Waals surface area contributed by atoms with E-state index in [9.17, 15) is 0 Å². The first-order valence-corrected chi connectivity index (χ1v) is 5.81. The molecule has 0 bridgehead atoms. The smallest absolute Gasteiger partial charge is 0.0928 e. The monoisotopic (exact) mass is 216 g/mol. The summed E-state index contributed by atoms with van der Waals surface area (Å²) in [5, 5.41) is 3.40. The van der Waals surface area contributed by atoms with Crippen molar-refractivity contribution >= 4 is 0 Å². The molecule has 0 aromatic heterocycles. The second-order valence-corrected chi connectivity index (χ2v) is 4.07. The van der Waals surface area contributed by atoms with Gasteiger partial charge in [0.25, 0.3) is 0 Å². The molecule has 1 rings (SSSR count).